The molecule has 30 heavy (non-hydrogen) atoms. The van der Waals surface area contributed by atoms with Crippen LogP contribution < -0.4 is 11.1 Å². The molecule has 6 nitrogen and oxygen atoms in total. The maximum Gasteiger partial charge on any atom is 0.201 e. The van der Waals surface area contributed by atoms with Gasteiger partial charge in [-0.3, -0.25) is 4.68 Å². The first-order valence-electron chi connectivity index (χ1n) is 10.4. The molecule has 3 aromatic rings. The summed E-state index contributed by atoms with van der Waals surface area (Å²) in [6.45, 7) is 3.22. The van der Waals surface area contributed by atoms with Gasteiger partial charge in [-0.05, 0) is 55.1 Å². The van der Waals surface area contributed by atoms with Crippen molar-refractivity contribution in [1.82, 2.24) is 15.1 Å². The highest BCUT2D eigenvalue weighted by Gasteiger charge is 2.23. The first kappa shape index (κ1) is 20.8. The summed E-state index contributed by atoms with van der Waals surface area (Å²) < 4.78 is 28.0. The lowest BCUT2D eigenvalue weighted by molar-refractivity contribution is 0.327. The van der Waals surface area contributed by atoms with Crippen molar-refractivity contribution >= 4 is 26.8 Å². The summed E-state index contributed by atoms with van der Waals surface area (Å²) in [6, 6.07) is 15.4. The van der Waals surface area contributed by atoms with Crippen LogP contribution in [0, 0.1) is 5.92 Å². The molecule has 1 saturated heterocycles. The number of sulfone groups is 1. The zero-order valence-corrected chi connectivity index (χ0v) is 17.8. The minimum absolute atomic E-state index is 0.0857. The number of hydrogen-bond acceptors (Lipinski definition) is 5. The van der Waals surface area contributed by atoms with E-state index in [0.717, 1.165) is 49.1 Å². The van der Waals surface area contributed by atoms with E-state index in [4.69, 9.17) is 5.73 Å². The zero-order chi connectivity index (χ0) is 21.0. The molecule has 4 rings (SSSR count). The minimum atomic E-state index is -3.54. The molecule has 0 bridgehead atoms. The maximum absolute atomic E-state index is 13.1. The van der Waals surface area contributed by atoms with Crippen LogP contribution in [0.3, 0.4) is 0 Å². The van der Waals surface area contributed by atoms with Crippen LogP contribution in [0.15, 0.2) is 59.6 Å². The van der Waals surface area contributed by atoms with Crippen LogP contribution in [0.25, 0.3) is 17.0 Å². The number of nitrogens with two attached hydrogens (primary N) is 1. The van der Waals surface area contributed by atoms with Crippen molar-refractivity contribution in [2.24, 2.45) is 11.7 Å². The second-order valence-electron chi connectivity index (χ2n) is 7.85. The Labute approximate surface area is 177 Å². The number of rotatable bonds is 7. The third-order valence-electron chi connectivity index (χ3n) is 5.59. The molecule has 7 heteroatoms. The maximum atomic E-state index is 13.1. The Kier molecular flexibility index (Phi) is 6.32. The van der Waals surface area contributed by atoms with Gasteiger partial charge >= 0.3 is 0 Å². The van der Waals surface area contributed by atoms with E-state index < -0.39 is 9.84 Å². The Morgan fingerprint density at radius 1 is 1.17 bits per heavy atom. The normalized spacial score (nSPS) is 17.7. The molecule has 0 amide bonds. The molecule has 1 atom stereocenters. The van der Waals surface area contributed by atoms with Gasteiger partial charge in [-0.1, -0.05) is 48.6 Å². The average molecular weight is 425 g/mol. The predicted octanol–water partition coefficient (Wildman–Crippen LogP) is 2.98. The fraction of sp³-hybridized carbons (Fsp3) is 0.348. The summed E-state index contributed by atoms with van der Waals surface area (Å²) in [4.78, 5) is 0. The van der Waals surface area contributed by atoms with E-state index >= 15 is 0 Å². The SMILES string of the molecule is NCc1ccc(C=CCS(=O)(=O)c2nn(CC3CCCNC3)c3ccccc23)cc1. The molecule has 1 unspecified atom stereocenters. The van der Waals surface area contributed by atoms with E-state index in [1.807, 2.05) is 59.3 Å². The molecular formula is C23H28N4O2S. The molecule has 0 aliphatic carbocycles. The summed E-state index contributed by atoms with van der Waals surface area (Å²) in [6.07, 6.45) is 5.79. The van der Waals surface area contributed by atoms with Gasteiger partial charge in [0.25, 0.3) is 0 Å². The molecule has 158 valence electrons. The van der Waals surface area contributed by atoms with Gasteiger partial charge in [-0.15, -0.1) is 0 Å². The van der Waals surface area contributed by atoms with Gasteiger partial charge in [0.05, 0.1) is 11.3 Å². The van der Waals surface area contributed by atoms with E-state index in [1.54, 1.807) is 6.08 Å². The van der Waals surface area contributed by atoms with Gasteiger partial charge in [-0.2, -0.15) is 5.10 Å². The first-order valence-corrected chi connectivity index (χ1v) is 12.1. The standard InChI is InChI=1S/C23H28N4O2S/c24-15-19-11-9-18(10-12-19)6-4-14-30(28,29)23-21-7-1-2-8-22(21)27(26-23)17-20-5-3-13-25-16-20/h1-2,4,6-12,20,25H,3,5,13-17,24H2. The first-order chi connectivity index (χ1) is 14.6. The molecule has 2 aromatic carbocycles. The number of benzene rings is 2. The van der Waals surface area contributed by atoms with Crippen molar-refractivity contribution in [3.05, 3.63) is 65.7 Å². The second-order valence-corrected chi connectivity index (χ2v) is 9.80. The van der Waals surface area contributed by atoms with E-state index in [9.17, 15) is 8.42 Å². The number of nitrogens with zero attached hydrogens (tertiary/aromatic N) is 2. The van der Waals surface area contributed by atoms with Crippen LogP contribution in [0.4, 0.5) is 0 Å². The van der Waals surface area contributed by atoms with Gasteiger partial charge < -0.3 is 11.1 Å². The zero-order valence-electron chi connectivity index (χ0n) is 17.0. The number of nitrogens with one attached hydrogen (secondary N) is 1. The fourth-order valence-electron chi connectivity index (χ4n) is 3.94. The van der Waals surface area contributed by atoms with Crippen molar-refractivity contribution in [3.8, 4) is 0 Å². The molecule has 1 aliphatic heterocycles. The topological polar surface area (TPSA) is 90.0 Å². The number of fused-ring (bicyclic) bond motifs is 1. The van der Waals surface area contributed by atoms with Crippen LogP contribution in [-0.4, -0.2) is 37.0 Å². The van der Waals surface area contributed by atoms with E-state index in [2.05, 4.69) is 10.4 Å². The van der Waals surface area contributed by atoms with Gasteiger partial charge in [0, 0.05) is 18.5 Å². The highest BCUT2D eigenvalue weighted by Crippen LogP contribution is 2.25. The average Bonchev–Trinajstić information content (AvgIpc) is 3.14. The summed E-state index contributed by atoms with van der Waals surface area (Å²) in [5.41, 5.74) is 8.49. The molecular weight excluding hydrogens is 396 g/mol. The molecule has 1 aromatic heterocycles. The van der Waals surface area contributed by atoms with E-state index in [-0.39, 0.29) is 10.8 Å². The highest BCUT2D eigenvalue weighted by atomic mass is 32.2. The number of piperidine rings is 1. The van der Waals surface area contributed by atoms with E-state index in [1.165, 1.54) is 0 Å². The van der Waals surface area contributed by atoms with Gasteiger partial charge in [0.2, 0.25) is 9.84 Å². The molecule has 1 aliphatic rings. The largest absolute Gasteiger partial charge is 0.326 e. The van der Waals surface area contributed by atoms with Crippen molar-refractivity contribution in [2.45, 2.75) is 31.0 Å². The predicted molar refractivity (Wildman–Crippen MR) is 121 cm³/mol. The molecule has 2 heterocycles. The van der Waals surface area contributed by atoms with Gasteiger partial charge in [0.15, 0.2) is 5.03 Å². The summed E-state index contributed by atoms with van der Waals surface area (Å²) in [5.74, 6) is 0.381. The van der Waals surface area contributed by atoms with Crippen molar-refractivity contribution < 1.29 is 8.42 Å². The molecule has 3 N–H and O–H groups in total. The lowest BCUT2D eigenvalue weighted by Crippen LogP contribution is -2.32. The number of hydrogen-bond donors (Lipinski definition) is 2. The fourth-order valence-corrected chi connectivity index (χ4v) is 5.18. The lowest BCUT2D eigenvalue weighted by Gasteiger charge is -2.22. The smallest absolute Gasteiger partial charge is 0.201 e. The summed E-state index contributed by atoms with van der Waals surface area (Å²) >= 11 is 0. The lowest BCUT2D eigenvalue weighted by atomic mass is 10.00. The Hall–Kier alpha value is -2.48. The van der Waals surface area contributed by atoms with Crippen LogP contribution in [0.1, 0.15) is 24.0 Å². The molecule has 0 radical (unpaired) electrons. The van der Waals surface area contributed by atoms with Crippen LogP contribution >= 0.6 is 0 Å². The third kappa shape index (κ3) is 4.64. The number of para-hydroxylation sites is 1. The second kappa shape index (κ2) is 9.12. The van der Waals surface area contributed by atoms with Crippen LogP contribution in [0.5, 0.6) is 0 Å². The number of aromatic nitrogens is 2. The minimum Gasteiger partial charge on any atom is -0.326 e. The van der Waals surface area contributed by atoms with Crippen molar-refractivity contribution in [3.63, 3.8) is 0 Å². The highest BCUT2D eigenvalue weighted by molar-refractivity contribution is 7.91. The van der Waals surface area contributed by atoms with Gasteiger partial charge in [0.1, 0.15) is 0 Å². The third-order valence-corrected chi connectivity index (χ3v) is 7.11. The van der Waals surface area contributed by atoms with Crippen LogP contribution in [0.2, 0.25) is 0 Å². The Morgan fingerprint density at radius 3 is 2.70 bits per heavy atom. The quantitative estimate of drug-likeness (QED) is 0.609. The van der Waals surface area contributed by atoms with Crippen molar-refractivity contribution in [1.29, 1.82) is 0 Å². The Balaban J connectivity index is 1.56. The summed E-state index contributed by atoms with van der Waals surface area (Å²) in [5, 5.41) is 8.84. The van der Waals surface area contributed by atoms with Gasteiger partial charge in [-0.25, -0.2) is 8.42 Å². The van der Waals surface area contributed by atoms with Crippen LogP contribution in [-0.2, 0) is 22.9 Å². The Morgan fingerprint density at radius 2 is 1.97 bits per heavy atom. The Bertz CT molecular complexity index is 1130. The monoisotopic (exact) mass is 424 g/mol. The van der Waals surface area contributed by atoms with Crippen molar-refractivity contribution in [2.75, 3.05) is 18.8 Å². The van der Waals surface area contributed by atoms with E-state index in [0.29, 0.717) is 17.8 Å². The summed E-state index contributed by atoms with van der Waals surface area (Å²) in [7, 11) is -3.54. The molecule has 0 saturated carbocycles. The molecule has 1 fully saturated rings. The molecule has 0 spiro atoms.